The van der Waals surface area contributed by atoms with Crippen LogP contribution in [-0.2, 0) is 20.7 Å². The molecule has 0 aliphatic rings. The van der Waals surface area contributed by atoms with E-state index in [0.29, 0.717) is 12.0 Å². The Balaban J connectivity index is 2.69. The van der Waals surface area contributed by atoms with Gasteiger partial charge in [0.05, 0.1) is 19.8 Å². The lowest BCUT2D eigenvalue weighted by molar-refractivity contribution is -0.134. The Kier molecular flexibility index (Phi) is 4.94. The number of rotatable bonds is 4. The van der Waals surface area contributed by atoms with Crippen molar-refractivity contribution in [2.75, 3.05) is 14.2 Å². The van der Waals surface area contributed by atoms with Gasteiger partial charge in [-0.2, -0.15) is 0 Å². The number of hydrogen-bond donors (Lipinski definition) is 0. The van der Waals surface area contributed by atoms with E-state index in [1.807, 2.05) is 6.07 Å². The van der Waals surface area contributed by atoms with E-state index in [2.05, 4.69) is 9.47 Å². The van der Waals surface area contributed by atoms with Crippen LogP contribution in [0.25, 0.3) is 0 Å². The fraction of sp³-hybridized carbons (Fsp3) is 0.231. The maximum atomic E-state index is 11.3. The van der Waals surface area contributed by atoms with Gasteiger partial charge in [0.2, 0.25) is 0 Å². The second-order valence-electron chi connectivity index (χ2n) is 3.32. The molecule has 0 spiro atoms. The average Bonchev–Trinajstić information content (AvgIpc) is 2.38. The van der Waals surface area contributed by atoms with Gasteiger partial charge in [-0.05, 0) is 24.1 Å². The zero-order valence-electron chi connectivity index (χ0n) is 9.80. The van der Waals surface area contributed by atoms with Crippen molar-refractivity contribution in [1.82, 2.24) is 0 Å². The number of esters is 2. The Bertz CT molecular complexity index is 435. The van der Waals surface area contributed by atoms with Crippen molar-refractivity contribution in [3.05, 3.63) is 47.5 Å². The van der Waals surface area contributed by atoms with E-state index in [1.165, 1.54) is 20.3 Å². The summed E-state index contributed by atoms with van der Waals surface area (Å²) < 4.78 is 9.09. The second-order valence-corrected chi connectivity index (χ2v) is 3.32. The molecule has 0 bridgehead atoms. The lowest BCUT2D eigenvalue weighted by atomic mass is 10.1. The fourth-order valence-corrected chi connectivity index (χ4v) is 1.30. The van der Waals surface area contributed by atoms with Crippen molar-refractivity contribution >= 4 is 11.9 Å². The van der Waals surface area contributed by atoms with Crippen molar-refractivity contribution in [3.63, 3.8) is 0 Å². The Morgan fingerprint density at radius 3 is 2.65 bits per heavy atom. The highest BCUT2D eigenvalue weighted by molar-refractivity contribution is 5.89. The Labute approximate surface area is 99.8 Å². The molecule has 0 fully saturated rings. The number of carbonyl (C=O) groups excluding carboxylic acids is 2. The van der Waals surface area contributed by atoms with E-state index < -0.39 is 5.97 Å². The van der Waals surface area contributed by atoms with Crippen LogP contribution in [0.5, 0.6) is 0 Å². The molecule has 0 amide bonds. The maximum absolute atomic E-state index is 11.3. The van der Waals surface area contributed by atoms with Crippen LogP contribution in [0.2, 0.25) is 0 Å². The quantitative estimate of drug-likeness (QED) is 0.588. The predicted molar refractivity (Wildman–Crippen MR) is 62.6 cm³/mol. The molecule has 4 nitrogen and oxygen atoms in total. The van der Waals surface area contributed by atoms with Gasteiger partial charge in [0.25, 0.3) is 0 Å². The molecule has 0 aliphatic carbocycles. The fourth-order valence-electron chi connectivity index (χ4n) is 1.30. The van der Waals surface area contributed by atoms with Crippen molar-refractivity contribution in [2.24, 2.45) is 0 Å². The Morgan fingerprint density at radius 2 is 2.00 bits per heavy atom. The van der Waals surface area contributed by atoms with E-state index in [0.717, 1.165) is 5.56 Å². The lowest BCUT2D eigenvalue weighted by Crippen LogP contribution is -2.01. The summed E-state index contributed by atoms with van der Waals surface area (Å²) >= 11 is 0. The number of ether oxygens (including phenoxy) is 2. The zero-order chi connectivity index (χ0) is 12.7. The molecule has 0 aromatic heterocycles. The van der Waals surface area contributed by atoms with E-state index >= 15 is 0 Å². The molecule has 0 radical (unpaired) electrons. The number of benzene rings is 1. The monoisotopic (exact) mass is 234 g/mol. The first kappa shape index (κ1) is 13.0. The maximum Gasteiger partial charge on any atom is 0.337 e. The SMILES string of the molecule is COC(=O)/C=C/Cc1cccc(C(=O)OC)c1. The average molecular weight is 234 g/mol. The highest BCUT2D eigenvalue weighted by Crippen LogP contribution is 2.07. The molecule has 90 valence electrons. The first-order valence-corrected chi connectivity index (χ1v) is 5.09. The van der Waals surface area contributed by atoms with Gasteiger partial charge in [0, 0.05) is 6.08 Å². The van der Waals surface area contributed by atoms with Crippen molar-refractivity contribution in [1.29, 1.82) is 0 Å². The van der Waals surface area contributed by atoms with Crippen molar-refractivity contribution in [2.45, 2.75) is 6.42 Å². The van der Waals surface area contributed by atoms with Crippen LogP contribution in [0, 0.1) is 0 Å². The van der Waals surface area contributed by atoms with Crippen LogP contribution < -0.4 is 0 Å². The normalized spacial score (nSPS) is 10.2. The van der Waals surface area contributed by atoms with Gasteiger partial charge >= 0.3 is 11.9 Å². The van der Waals surface area contributed by atoms with Crippen LogP contribution >= 0.6 is 0 Å². The number of hydrogen-bond acceptors (Lipinski definition) is 4. The van der Waals surface area contributed by atoms with Gasteiger partial charge in [-0.25, -0.2) is 9.59 Å². The van der Waals surface area contributed by atoms with Gasteiger partial charge in [0.1, 0.15) is 0 Å². The largest absolute Gasteiger partial charge is 0.466 e. The minimum absolute atomic E-state index is 0.371. The van der Waals surface area contributed by atoms with Crippen LogP contribution in [0.1, 0.15) is 15.9 Å². The standard InChI is InChI=1S/C13H14O4/c1-16-12(14)8-4-6-10-5-3-7-11(9-10)13(15)17-2/h3-5,7-9H,6H2,1-2H3/b8-4+. The lowest BCUT2D eigenvalue weighted by Gasteiger charge is -2.01. The molecule has 1 aromatic carbocycles. The summed E-state index contributed by atoms with van der Waals surface area (Å²) in [6.45, 7) is 0. The molecule has 0 atom stereocenters. The van der Waals surface area contributed by atoms with Gasteiger partial charge in [-0.3, -0.25) is 0 Å². The first-order chi connectivity index (χ1) is 8.17. The summed E-state index contributed by atoms with van der Waals surface area (Å²) in [5, 5.41) is 0. The third kappa shape index (κ3) is 4.10. The smallest absolute Gasteiger partial charge is 0.337 e. The minimum atomic E-state index is -0.394. The molecule has 0 heterocycles. The highest BCUT2D eigenvalue weighted by Gasteiger charge is 2.04. The Morgan fingerprint density at radius 1 is 1.24 bits per heavy atom. The third-order valence-electron chi connectivity index (χ3n) is 2.16. The van der Waals surface area contributed by atoms with Crippen LogP contribution in [0.4, 0.5) is 0 Å². The number of carbonyl (C=O) groups is 2. The molecule has 0 saturated heterocycles. The van der Waals surface area contributed by atoms with Gasteiger partial charge < -0.3 is 9.47 Å². The molecular formula is C13H14O4. The third-order valence-corrected chi connectivity index (χ3v) is 2.16. The zero-order valence-corrected chi connectivity index (χ0v) is 9.80. The summed E-state index contributed by atoms with van der Waals surface area (Å²) in [5.74, 6) is -0.766. The van der Waals surface area contributed by atoms with Crippen LogP contribution in [0.15, 0.2) is 36.4 Å². The van der Waals surface area contributed by atoms with E-state index in [-0.39, 0.29) is 5.97 Å². The number of allylic oxidation sites excluding steroid dienone is 1. The van der Waals surface area contributed by atoms with Crippen LogP contribution in [-0.4, -0.2) is 26.2 Å². The van der Waals surface area contributed by atoms with E-state index in [1.54, 1.807) is 24.3 Å². The molecule has 0 aliphatic heterocycles. The molecule has 0 unspecified atom stereocenters. The van der Waals surface area contributed by atoms with Gasteiger partial charge in [-0.15, -0.1) is 0 Å². The highest BCUT2D eigenvalue weighted by atomic mass is 16.5. The summed E-state index contributed by atoms with van der Waals surface area (Å²) in [6.07, 6.45) is 3.59. The summed E-state index contributed by atoms with van der Waals surface area (Å²) in [7, 11) is 2.66. The van der Waals surface area contributed by atoms with Gasteiger partial charge in [-0.1, -0.05) is 18.2 Å². The second kappa shape index (κ2) is 6.48. The molecule has 0 saturated carbocycles. The Hall–Kier alpha value is -2.10. The van der Waals surface area contributed by atoms with Crippen LogP contribution in [0.3, 0.4) is 0 Å². The first-order valence-electron chi connectivity index (χ1n) is 5.09. The topological polar surface area (TPSA) is 52.6 Å². The van der Waals surface area contributed by atoms with Crippen molar-refractivity contribution < 1.29 is 19.1 Å². The molecule has 17 heavy (non-hydrogen) atoms. The summed E-state index contributed by atoms with van der Waals surface area (Å²) in [4.78, 5) is 22.1. The summed E-state index contributed by atoms with van der Waals surface area (Å²) in [6, 6.07) is 7.05. The molecule has 4 heteroatoms. The molecule has 1 aromatic rings. The van der Waals surface area contributed by atoms with Crippen molar-refractivity contribution in [3.8, 4) is 0 Å². The molecule has 1 rings (SSSR count). The van der Waals surface area contributed by atoms with E-state index in [9.17, 15) is 9.59 Å². The number of methoxy groups -OCH3 is 2. The minimum Gasteiger partial charge on any atom is -0.466 e. The predicted octanol–water partition coefficient (Wildman–Crippen LogP) is 1.74. The summed E-state index contributed by atoms with van der Waals surface area (Å²) in [5.41, 5.74) is 1.42. The van der Waals surface area contributed by atoms with Gasteiger partial charge in [0.15, 0.2) is 0 Å². The van der Waals surface area contributed by atoms with E-state index in [4.69, 9.17) is 0 Å². The molecule has 0 N–H and O–H groups in total. The molecular weight excluding hydrogens is 220 g/mol.